The van der Waals surface area contributed by atoms with E-state index in [1.54, 1.807) is 11.3 Å². The van der Waals surface area contributed by atoms with E-state index in [2.05, 4.69) is 114 Å². The molecule has 0 aliphatic carbocycles. The van der Waals surface area contributed by atoms with E-state index in [-0.39, 0.29) is 0 Å². The molecule has 0 unspecified atom stereocenters. The average molecular weight is 478 g/mol. The van der Waals surface area contributed by atoms with E-state index < -0.39 is 0 Å². The number of hydrogen-bond donors (Lipinski definition) is 0. The van der Waals surface area contributed by atoms with Crippen molar-refractivity contribution in [3.05, 3.63) is 115 Å². The van der Waals surface area contributed by atoms with Crippen LogP contribution in [0.4, 0.5) is 0 Å². The molecule has 3 nitrogen and oxygen atoms in total. The van der Waals surface area contributed by atoms with Crippen LogP contribution in [0.25, 0.3) is 70.3 Å². The van der Waals surface area contributed by atoms with Crippen LogP contribution in [0.3, 0.4) is 0 Å². The summed E-state index contributed by atoms with van der Waals surface area (Å²) in [7, 11) is 0. The van der Waals surface area contributed by atoms with Crippen molar-refractivity contribution in [1.29, 1.82) is 0 Å². The Morgan fingerprint density at radius 1 is 0.500 bits per heavy atom. The van der Waals surface area contributed by atoms with Gasteiger partial charge < -0.3 is 0 Å². The highest BCUT2D eigenvalue weighted by atomic mass is 32.1. The molecule has 0 spiro atoms. The molecule has 0 fully saturated rings. The summed E-state index contributed by atoms with van der Waals surface area (Å²) >= 11 is 1.74. The monoisotopic (exact) mass is 477 g/mol. The number of fused-ring (bicyclic) bond motifs is 9. The summed E-state index contributed by atoms with van der Waals surface area (Å²) in [5.41, 5.74) is 8.94. The summed E-state index contributed by atoms with van der Waals surface area (Å²) in [6.45, 7) is 0. The summed E-state index contributed by atoms with van der Waals surface area (Å²) in [6.07, 6.45) is 0. The maximum atomic E-state index is 4.99. The second-order valence-corrected chi connectivity index (χ2v) is 10.1. The molecule has 3 heterocycles. The number of para-hydroxylation sites is 3. The van der Waals surface area contributed by atoms with Gasteiger partial charge in [-0.3, -0.25) is 4.40 Å². The van der Waals surface area contributed by atoms with Crippen LogP contribution in [0.15, 0.2) is 115 Å². The van der Waals surface area contributed by atoms with Crippen LogP contribution in [-0.4, -0.2) is 14.4 Å². The summed E-state index contributed by atoms with van der Waals surface area (Å²) in [5, 5.41) is 4.68. The molecular weight excluding hydrogens is 458 g/mol. The van der Waals surface area contributed by atoms with Gasteiger partial charge in [-0.05, 0) is 52.9 Å². The predicted octanol–water partition coefficient (Wildman–Crippen LogP) is 8.74. The molecule has 0 bridgehead atoms. The minimum atomic E-state index is 1.01. The lowest BCUT2D eigenvalue weighted by Crippen LogP contribution is -1.92. The highest BCUT2D eigenvalue weighted by molar-refractivity contribution is 7.21. The molecule has 8 rings (SSSR count). The SMILES string of the molecule is c1ccc2sc(-c3ccc(-c4ccc5c(c4)c4ccccc4c4nc6ccccc6n54)cc3)nc2c1. The molecule has 3 aromatic heterocycles. The third-order valence-electron chi connectivity index (χ3n) is 7.02. The minimum absolute atomic E-state index is 1.01. The van der Waals surface area contributed by atoms with Crippen LogP contribution in [0, 0.1) is 0 Å². The average Bonchev–Trinajstić information content (AvgIpc) is 3.55. The van der Waals surface area contributed by atoms with Gasteiger partial charge in [0.15, 0.2) is 0 Å². The van der Waals surface area contributed by atoms with E-state index in [4.69, 9.17) is 9.97 Å². The Bertz CT molecular complexity index is 2070. The van der Waals surface area contributed by atoms with Crippen LogP contribution in [0.1, 0.15) is 0 Å². The van der Waals surface area contributed by atoms with Crippen LogP contribution >= 0.6 is 11.3 Å². The first-order valence-electron chi connectivity index (χ1n) is 12.0. The predicted molar refractivity (Wildman–Crippen MR) is 152 cm³/mol. The third-order valence-corrected chi connectivity index (χ3v) is 8.10. The van der Waals surface area contributed by atoms with Gasteiger partial charge in [-0.1, -0.05) is 78.9 Å². The lowest BCUT2D eigenvalue weighted by molar-refractivity contribution is 1.31. The van der Waals surface area contributed by atoms with E-state index in [0.717, 1.165) is 32.8 Å². The maximum Gasteiger partial charge on any atom is 0.146 e. The quantitative estimate of drug-likeness (QED) is 0.233. The molecular formula is C32H19N3S. The van der Waals surface area contributed by atoms with E-state index in [9.17, 15) is 0 Å². The Balaban J connectivity index is 1.31. The molecule has 0 atom stereocenters. The van der Waals surface area contributed by atoms with Crippen LogP contribution in [0.2, 0.25) is 0 Å². The fourth-order valence-corrected chi connectivity index (χ4v) is 6.26. The molecule has 5 aromatic carbocycles. The van der Waals surface area contributed by atoms with Crippen molar-refractivity contribution in [3.63, 3.8) is 0 Å². The lowest BCUT2D eigenvalue weighted by atomic mass is 9.99. The van der Waals surface area contributed by atoms with Crippen LogP contribution < -0.4 is 0 Å². The largest absolute Gasteiger partial charge is 0.292 e. The topological polar surface area (TPSA) is 30.2 Å². The molecule has 0 amide bonds. The Hall–Kier alpha value is -4.54. The first-order chi connectivity index (χ1) is 17.8. The Morgan fingerprint density at radius 3 is 2.06 bits per heavy atom. The van der Waals surface area contributed by atoms with Crippen molar-refractivity contribution < 1.29 is 0 Å². The third kappa shape index (κ3) is 2.85. The second-order valence-electron chi connectivity index (χ2n) is 9.10. The van der Waals surface area contributed by atoms with Gasteiger partial charge in [0, 0.05) is 16.3 Å². The number of pyridine rings is 1. The summed E-state index contributed by atoms with van der Waals surface area (Å²) in [5.74, 6) is 0. The lowest BCUT2D eigenvalue weighted by Gasteiger charge is -2.11. The molecule has 0 saturated carbocycles. The first-order valence-corrected chi connectivity index (χ1v) is 12.8. The number of aromatic nitrogens is 3. The number of imidazole rings is 1. The number of nitrogens with zero attached hydrogens (tertiary/aromatic N) is 3. The summed E-state index contributed by atoms with van der Waals surface area (Å²) < 4.78 is 3.52. The van der Waals surface area contributed by atoms with Crippen LogP contribution in [-0.2, 0) is 0 Å². The molecule has 8 aromatic rings. The molecule has 36 heavy (non-hydrogen) atoms. The second kappa shape index (κ2) is 7.48. The van der Waals surface area contributed by atoms with E-state index >= 15 is 0 Å². The Kier molecular flexibility index (Phi) is 4.10. The van der Waals surface area contributed by atoms with Crippen LogP contribution in [0.5, 0.6) is 0 Å². The van der Waals surface area contributed by atoms with Crippen molar-refractivity contribution in [2.75, 3.05) is 0 Å². The Morgan fingerprint density at radius 2 is 1.19 bits per heavy atom. The van der Waals surface area contributed by atoms with Gasteiger partial charge in [-0.2, -0.15) is 0 Å². The molecule has 0 aliphatic rings. The van der Waals surface area contributed by atoms with Crippen molar-refractivity contribution in [3.8, 4) is 21.7 Å². The highest BCUT2D eigenvalue weighted by Crippen LogP contribution is 2.36. The maximum absolute atomic E-state index is 4.99. The number of thiazole rings is 1. The molecule has 168 valence electrons. The summed E-state index contributed by atoms with van der Waals surface area (Å²) in [4.78, 5) is 9.81. The normalized spacial score (nSPS) is 11.9. The molecule has 0 aliphatic heterocycles. The standard InChI is InChI=1S/C32H19N3S/c1-2-8-24-23(7-1)25-19-22(17-18-28(25)35-29-11-5-3-9-26(29)33-31(24)35)20-13-15-21(16-14-20)32-34-27-10-4-6-12-30(27)36-32/h1-19H. The van der Waals surface area contributed by atoms with Crippen molar-refractivity contribution in [2.24, 2.45) is 0 Å². The zero-order valence-corrected chi connectivity index (χ0v) is 20.0. The Labute approximate surface area is 210 Å². The van der Waals surface area contributed by atoms with Gasteiger partial charge in [0.05, 0.1) is 26.8 Å². The van der Waals surface area contributed by atoms with Gasteiger partial charge in [0.1, 0.15) is 10.7 Å². The zero-order chi connectivity index (χ0) is 23.6. The molecule has 0 radical (unpaired) electrons. The fourth-order valence-electron chi connectivity index (χ4n) is 5.29. The van der Waals surface area contributed by atoms with Crippen molar-refractivity contribution >= 4 is 59.9 Å². The van der Waals surface area contributed by atoms with E-state index in [1.807, 2.05) is 6.07 Å². The van der Waals surface area contributed by atoms with Crippen molar-refractivity contribution in [1.82, 2.24) is 14.4 Å². The van der Waals surface area contributed by atoms with Gasteiger partial charge in [0.2, 0.25) is 0 Å². The fraction of sp³-hybridized carbons (Fsp3) is 0. The highest BCUT2D eigenvalue weighted by Gasteiger charge is 2.14. The first kappa shape index (κ1) is 19.7. The van der Waals surface area contributed by atoms with Gasteiger partial charge >= 0.3 is 0 Å². The van der Waals surface area contributed by atoms with Gasteiger partial charge in [-0.25, -0.2) is 9.97 Å². The van der Waals surface area contributed by atoms with Gasteiger partial charge in [-0.15, -0.1) is 11.3 Å². The minimum Gasteiger partial charge on any atom is -0.292 e. The number of rotatable bonds is 2. The van der Waals surface area contributed by atoms with Crippen molar-refractivity contribution in [2.45, 2.75) is 0 Å². The molecule has 4 heteroatoms. The van der Waals surface area contributed by atoms with E-state index in [0.29, 0.717) is 0 Å². The number of hydrogen-bond acceptors (Lipinski definition) is 3. The smallest absolute Gasteiger partial charge is 0.146 e. The van der Waals surface area contributed by atoms with Gasteiger partial charge in [0.25, 0.3) is 0 Å². The number of benzene rings is 5. The molecule has 0 saturated heterocycles. The summed E-state index contributed by atoms with van der Waals surface area (Å²) in [6, 6.07) is 40.8. The molecule has 0 N–H and O–H groups in total. The van der Waals surface area contributed by atoms with E-state index in [1.165, 1.54) is 37.5 Å². The zero-order valence-electron chi connectivity index (χ0n) is 19.2.